The van der Waals surface area contributed by atoms with Gasteiger partial charge in [-0.1, -0.05) is 6.92 Å². The van der Waals surface area contributed by atoms with Crippen LogP contribution in [-0.2, 0) is 0 Å². The van der Waals surface area contributed by atoms with Gasteiger partial charge in [0.25, 0.3) is 0 Å². The second-order valence-corrected chi connectivity index (χ2v) is 4.04. The number of benzene rings is 1. The summed E-state index contributed by atoms with van der Waals surface area (Å²) in [5, 5.41) is 21.8. The Morgan fingerprint density at radius 3 is 3.06 bits per heavy atom. The maximum atomic E-state index is 9.32. The van der Waals surface area contributed by atoms with E-state index in [0.29, 0.717) is 6.61 Å². The average molecular weight is 223 g/mol. The molecule has 3 N–H and O–H groups in total. The van der Waals surface area contributed by atoms with E-state index in [1.165, 1.54) is 0 Å². The molecule has 0 spiro atoms. The Bertz CT molecular complexity index is 363. The molecule has 2 unspecified atom stereocenters. The molecule has 4 nitrogen and oxygen atoms in total. The van der Waals surface area contributed by atoms with Crippen molar-refractivity contribution in [1.82, 2.24) is 5.32 Å². The van der Waals surface area contributed by atoms with Gasteiger partial charge in [-0.05, 0) is 18.6 Å². The number of nitrogens with one attached hydrogen (secondary N) is 1. The molecular weight excluding hydrogens is 206 g/mol. The fourth-order valence-electron chi connectivity index (χ4n) is 1.92. The van der Waals surface area contributed by atoms with Gasteiger partial charge in [-0.25, -0.2) is 0 Å². The molecule has 0 fully saturated rings. The van der Waals surface area contributed by atoms with Gasteiger partial charge in [0.05, 0.1) is 12.6 Å². The van der Waals surface area contributed by atoms with Gasteiger partial charge in [0.2, 0.25) is 0 Å². The maximum Gasteiger partial charge on any atom is 0.127 e. The second kappa shape index (κ2) is 4.72. The number of phenols is 1. The minimum atomic E-state index is 0.0911. The van der Waals surface area contributed by atoms with E-state index in [1.807, 2.05) is 13.0 Å². The Kier molecular flexibility index (Phi) is 3.31. The lowest BCUT2D eigenvalue weighted by atomic mass is 10.1. The summed E-state index contributed by atoms with van der Waals surface area (Å²) in [6.45, 7) is 2.71. The normalized spacial score (nSPS) is 20.2. The molecule has 16 heavy (non-hydrogen) atoms. The van der Waals surface area contributed by atoms with Crippen molar-refractivity contribution in [1.29, 1.82) is 0 Å². The number of aliphatic hydroxyl groups excluding tert-OH is 1. The Balaban J connectivity index is 2.11. The molecule has 0 saturated heterocycles. The predicted octanol–water partition coefficient (Wildman–Crippen LogP) is 1.19. The predicted molar refractivity (Wildman–Crippen MR) is 60.6 cm³/mol. The van der Waals surface area contributed by atoms with Crippen LogP contribution in [0.3, 0.4) is 0 Å². The van der Waals surface area contributed by atoms with Crippen LogP contribution in [0.15, 0.2) is 18.2 Å². The fourth-order valence-corrected chi connectivity index (χ4v) is 1.92. The third-order valence-corrected chi connectivity index (χ3v) is 2.93. The molecule has 2 atom stereocenters. The van der Waals surface area contributed by atoms with Gasteiger partial charge in [0.1, 0.15) is 18.1 Å². The minimum Gasteiger partial charge on any atom is -0.508 e. The lowest BCUT2D eigenvalue weighted by Crippen LogP contribution is -2.35. The van der Waals surface area contributed by atoms with E-state index >= 15 is 0 Å². The van der Waals surface area contributed by atoms with Crippen LogP contribution >= 0.6 is 0 Å². The molecule has 0 amide bonds. The van der Waals surface area contributed by atoms with E-state index in [2.05, 4.69) is 5.32 Å². The molecule has 1 aliphatic heterocycles. The minimum absolute atomic E-state index is 0.0911. The van der Waals surface area contributed by atoms with Gasteiger partial charge in [0.15, 0.2) is 0 Å². The van der Waals surface area contributed by atoms with Crippen molar-refractivity contribution in [2.75, 3.05) is 13.2 Å². The molecule has 1 heterocycles. The topological polar surface area (TPSA) is 61.7 Å². The summed E-state index contributed by atoms with van der Waals surface area (Å²) in [7, 11) is 0. The fraction of sp³-hybridized carbons (Fsp3) is 0.500. The van der Waals surface area contributed by atoms with Gasteiger partial charge >= 0.3 is 0 Å². The Morgan fingerprint density at radius 1 is 1.56 bits per heavy atom. The molecule has 0 saturated carbocycles. The Labute approximate surface area is 94.9 Å². The number of rotatable bonds is 4. The zero-order chi connectivity index (χ0) is 11.5. The first-order valence-electron chi connectivity index (χ1n) is 5.57. The van der Waals surface area contributed by atoms with Crippen molar-refractivity contribution in [2.45, 2.75) is 25.4 Å². The van der Waals surface area contributed by atoms with Crippen molar-refractivity contribution in [3.05, 3.63) is 23.8 Å². The summed E-state index contributed by atoms with van der Waals surface area (Å²) < 4.78 is 5.48. The molecule has 1 aliphatic rings. The third kappa shape index (κ3) is 2.13. The quantitative estimate of drug-likeness (QED) is 0.717. The summed E-state index contributed by atoms with van der Waals surface area (Å²) in [6.07, 6.45) is 0.875. The molecule has 0 radical (unpaired) electrons. The standard InChI is InChI=1S/C12H17NO3/c1-2-8(6-14)13-11-7-16-12-5-9(15)3-4-10(11)12/h3-5,8,11,13-15H,2,6-7H2,1H3. The van der Waals surface area contributed by atoms with Crippen molar-refractivity contribution >= 4 is 0 Å². The largest absolute Gasteiger partial charge is 0.508 e. The van der Waals surface area contributed by atoms with Crippen molar-refractivity contribution in [3.63, 3.8) is 0 Å². The summed E-state index contributed by atoms with van der Waals surface area (Å²) in [5.74, 6) is 0.943. The number of hydrogen-bond acceptors (Lipinski definition) is 4. The lowest BCUT2D eigenvalue weighted by Gasteiger charge is -2.18. The number of hydrogen-bond donors (Lipinski definition) is 3. The number of aliphatic hydroxyl groups is 1. The highest BCUT2D eigenvalue weighted by Crippen LogP contribution is 2.35. The second-order valence-electron chi connectivity index (χ2n) is 4.04. The van der Waals surface area contributed by atoms with Crippen molar-refractivity contribution in [3.8, 4) is 11.5 Å². The van der Waals surface area contributed by atoms with E-state index in [1.54, 1.807) is 12.1 Å². The molecule has 0 aromatic heterocycles. The van der Waals surface area contributed by atoms with E-state index in [4.69, 9.17) is 9.84 Å². The van der Waals surface area contributed by atoms with Crippen LogP contribution in [-0.4, -0.2) is 29.5 Å². The van der Waals surface area contributed by atoms with Crippen LogP contribution < -0.4 is 10.1 Å². The zero-order valence-electron chi connectivity index (χ0n) is 9.31. The number of aromatic hydroxyl groups is 1. The average Bonchev–Trinajstić information content (AvgIpc) is 2.68. The van der Waals surface area contributed by atoms with Crippen molar-refractivity contribution in [2.24, 2.45) is 0 Å². The summed E-state index contributed by atoms with van der Waals surface area (Å²) in [5.41, 5.74) is 1.05. The smallest absolute Gasteiger partial charge is 0.127 e. The molecule has 0 bridgehead atoms. The van der Waals surface area contributed by atoms with E-state index in [9.17, 15) is 5.11 Å². The lowest BCUT2D eigenvalue weighted by molar-refractivity contribution is 0.215. The first-order chi connectivity index (χ1) is 7.74. The van der Waals surface area contributed by atoms with Gasteiger partial charge < -0.3 is 20.3 Å². The van der Waals surface area contributed by atoms with Gasteiger partial charge in [0, 0.05) is 17.7 Å². The third-order valence-electron chi connectivity index (χ3n) is 2.93. The van der Waals surface area contributed by atoms with Crippen LogP contribution in [0.25, 0.3) is 0 Å². The summed E-state index contributed by atoms with van der Waals surface area (Å²) in [6, 6.07) is 5.33. The van der Waals surface area contributed by atoms with E-state index in [-0.39, 0.29) is 24.4 Å². The highest BCUT2D eigenvalue weighted by atomic mass is 16.5. The van der Waals surface area contributed by atoms with Crippen LogP contribution in [0.5, 0.6) is 11.5 Å². The summed E-state index contributed by atoms with van der Waals surface area (Å²) in [4.78, 5) is 0. The van der Waals surface area contributed by atoms with Crippen LogP contribution in [0.1, 0.15) is 24.9 Å². The molecule has 4 heteroatoms. The number of ether oxygens (including phenoxy) is 1. The number of fused-ring (bicyclic) bond motifs is 1. The Hall–Kier alpha value is -1.26. The Morgan fingerprint density at radius 2 is 2.38 bits per heavy atom. The highest BCUT2D eigenvalue weighted by molar-refractivity contribution is 5.44. The van der Waals surface area contributed by atoms with Gasteiger partial charge in [-0.2, -0.15) is 0 Å². The molecule has 2 rings (SSSR count). The molecular formula is C12H17NO3. The van der Waals surface area contributed by atoms with Crippen LogP contribution in [0.2, 0.25) is 0 Å². The van der Waals surface area contributed by atoms with Crippen molar-refractivity contribution < 1.29 is 14.9 Å². The maximum absolute atomic E-state index is 9.32. The first-order valence-corrected chi connectivity index (χ1v) is 5.57. The van der Waals surface area contributed by atoms with E-state index in [0.717, 1.165) is 17.7 Å². The van der Waals surface area contributed by atoms with Crippen LogP contribution in [0, 0.1) is 0 Å². The SMILES string of the molecule is CCC(CO)NC1COc2cc(O)ccc21. The molecule has 0 aliphatic carbocycles. The zero-order valence-corrected chi connectivity index (χ0v) is 9.31. The number of phenolic OH excluding ortho intramolecular Hbond substituents is 1. The van der Waals surface area contributed by atoms with E-state index < -0.39 is 0 Å². The molecule has 1 aromatic rings. The molecule has 88 valence electrons. The summed E-state index contributed by atoms with van der Waals surface area (Å²) >= 11 is 0. The first kappa shape index (κ1) is 11.2. The van der Waals surface area contributed by atoms with Crippen LogP contribution in [0.4, 0.5) is 0 Å². The van der Waals surface area contributed by atoms with Gasteiger partial charge in [-0.3, -0.25) is 0 Å². The highest BCUT2D eigenvalue weighted by Gasteiger charge is 2.25. The van der Waals surface area contributed by atoms with Gasteiger partial charge in [-0.15, -0.1) is 0 Å². The molecule has 1 aromatic carbocycles. The monoisotopic (exact) mass is 223 g/mol.